The summed E-state index contributed by atoms with van der Waals surface area (Å²) in [6.45, 7) is 2.14. The van der Waals surface area contributed by atoms with Gasteiger partial charge in [-0.25, -0.2) is 12.7 Å². The van der Waals surface area contributed by atoms with Crippen LogP contribution < -0.4 is 14.8 Å². The Morgan fingerprint density at radius 3 is 2.38 bits per heavy atom. The van der Waals surface area contributed by atoms with Crippen molar-refractivity contribution in [2.75, 3.05) is 26.2 Å². The van der Waals surface area contributed by atoms with Gasteiger partial charge in [-0.1, -0.05) is 36.5 Å². The Labute approximate surface area is 179 Å². The number of hydrogen-bond donors (Lipinski definition) is 1. The number of halogens is 2. The summed E-state index contributed by atoms with van der Waals surface area (Å²) in [7, 11) is -1.09. The Balaban J connectivity index is 2.00. The van der Waals surface area contributed by atoms with Crippen LogP contribution in [0.1, 0.15) is 29.3 Å². The highest BCUT2D eigenvalue weighted by Gasteiger charge is 2.25. The molecule has 0 saturated carbocycles. The normalized spacial score (nSPS) is 13.0. The van der Waals surface area contributed by atoms with E-state index in [9.17, 15) is 13.2 Å². The van der Waals surface area contributed by atoms with Crippen molar-refractivity contribution in [3.05, 3.63) is 45.4 Å². The molecular formula is C19H20Cl2N2O5S. The first-order valence-corrected chi connectivity index (χ1v) is 11.0. The highest BCUT2D eigenvalue weighted by molar-refractivity contribution is 7.89. The number of hydrogen-bond acceptors (Lipinski definition) is 5. The van der Waals surface area contributed by atoms with Crippen LogP contribution in [0.5, 0.6) is 11.5 Å². The Kier molecular flexibility index (Phi) is 6.28. The maximum Gasteiger partial charge on any atom is 0.257 e. The van der Waals surface area contributed by atoms with Crippen LogP contribution in [0.4, 0.5) is 5.69 Å². The summed E-state index contributed by atoms with van der Waals surface area (Å²) >= 11 is 12.3. The van der Waals surface area contributed by atoms with E-state index in [1.807, 2.05) is 13.0 Å². The molecule has 3 rings (SSSR count). The van der Waals surface area contributed by atoms with Gasteiger partial charge in [0.1, 0.15) is 4.90 Å². The number of benzene rings is 2. The maximum absolute atomic E-state index is 12.9. The number of aryl methyl sites for hydroxylation is 1. The van der Waals surface area contributed by atoms with E-state index in [-0.39, 0.29) is 27.3 Å². The molecule has 0 atom stereocenters. The fourth-order valence-electron chi connectivity index (χ4n) is 2.86. The lowest BCUT2D eigenvalue weighted by Gasteiger charge is -2.16. The molecule has 0 spiro atoms. The first-order valence-electron chi connectivity index (χ1n) is 8.80. The first kappa shape index (κ1) is 21.7. The number of fused-ring (bicyclic) bond motifs is 1. The summed E-state index contributed by atoms with van der Waals surface area (Å²) in [6, 6.07) is 5.95. The van der Waals surface area contributed by atoms with E-state index in [2.05, 4.69) is 5.32 Å². The van der Waals surface area contributed by atoms with E-state index < -0.39 is 15.9 Å². The van der Waals surface area contributed by atoms with Gasteiger partial charge in [0, 0.05) is 25.8 Å². The second-order valence-corrected chi connectivity index (χ2v) is 9.55. The van der Waals surface area contributed by atoms with Gasteiger partial charge in [0.25, 0.3) is 5.91 Å². The topological polar surface area (TPSA) is 84.9 Å². The number of carbonyl (C=O) groups is 1. The molecule has 2 aromatic rings. The van der Waals surface area contributed by atoms with Gasteiger partial charge in [0.2, 0.25) is 16.8 Å². The van der Waals surface area contributed by atoms with Crippen LogP contribution in [0, 0.1) is 0 Å². The standard InChI is InChI=1S/C19H20Cl2N2O5S/c1-4-5-11-6-16-17(28-10-27-16)9-15(11)22-19(24)12-7-18(14(21)8-13(12)20)29(25,26)23(2)3/h6-9H,4-5,10H2,1-3H3,(H,22,24). The van der Waals surface area contributed by atoms with Gasteiger partial charge in [-0.3, -0.25) is 4.79 Å². The van der Waals surface area contributed by atoms with Crippen LogP contribution in [0.15, 0.2) is 29.2 Å². The molecule has 0 saturated heterocycles. The molecule has 2 aromatic carbocycles. The maximum atomic E-state index is 12.9. The van der Waals surface area contributed by atoms with E-state index in [4.69, 9.17) is 32.7 Å². The van der Waals surface area contributed by atoms with Gasteiger partial charge in [-0.05, 0) is 30.2 Å². The van der Waals surface area contributed by atoms with Gasteiger partial charge >= 0.3 is 0 Å². The average Bonchev–Trinajstić information content (AvgIpc) is 3.08. The Bertz CT molecular complexity index is 1070. The molecule has 0 fully saturated rings. The molecule has 156 valence electrons. The van der Waals surface area contributed by atoms with E-state index in [0.29, 0.717) is 23.6 Å². The average molecular weight is 459 g/mol. The number of sulfonamides is 1. The minimum Gasteiger partial charge on any atom is -0.454 e. The molecule has 0 bridgehead atoms. The van der Waals surface area contributed by atoms with Crippen LogP contribution in [-0.4, -0.2) is 39.5 Å². The quantitative estimate of drug-likeness (QED) is 0.701. The van der Waals surface area contributed by atoms with E-state index in [0.717, 1.165) is 16.3 Å². The smallest absolute Gasteiger partial charge is 0.257 e. The number of nitrogens with zero attached hydrogens (tertiary/aromatic N) is 1. The number of carbonyl (C=O) groups excluding carboxylic acids is 1. The second-order valence-electron chi connectivity index (χ2n) is 6.62. The van der Waals surface area contributed by atoms with Crippen molar-refractivity contribution in [3.8, 4) is 11.5 Å². The number of rotatable bonds is 6. The monoisotopic (exact) mass is 458 g/mol. The lowest BCUT2D eigenvalue weighted by molar-refractivity contribution is 0.102. The molecular weight excluding hydrogens is 439 g/mol. The van der Waals surface area contributed by atoms with E-state index in [1.54, 1.807) is 6.07 Å². The molecule has 0 aromatic heterocycles. The molecule has 29 heavy (non-hydrogen) atoms. The van der Waals surface area contributed by atoms with Crippen molar-refractivity contribution in [2.45, 2.75) is 24.7 Å². The first-order chi connectivity index (χ1) is 13.6. The van der Waals surface area contributed by atoms with Crippen molar-refractivity contribution < 1.29 is 22.7 Å². The fraction of sp³-hybridized carbons (Fsp3) is 0.316. The predicted octanol–water partition coefficient (Wildman–Crippen LogP) is 4.18. The summed E-state index contributed by atoms with van der Waals surface area (Å²) in [5.74, 6) is 0.589. The SMILES string of the molecule is CCCc1cc2c(cc1NC(=O)c1cc(S(=O)(=O)N(C)C)c(Cl)cc1Cl)OCO2. The summed E-state index contributed by atoms with van der Waals surface area (Å²) in [6.07, 6.45) is 1.57. The van der Waals surface area contributed by atoms with Crippen LogP contribution in [-0.2, 0) is 16.4 Å². The third kappa shape index (κ3) is 4.30. The van der Waals surface area contributed by atoms with Gasteiger partial charge in [-0.2, -0.15) is 0 Å². The van der Waals surface area contributed by atoms with Crippen molar-refractivity contribution in [3.63, 3.8) is 0 Å². The molecule has 1 N–H and O–H groups in total. The van der Waals surface area contributed by atoms with Gasteiger partial charge < -0.3 is 14.8 Å². The zero-order valence-electron chi connectivity index (χ0n) is 16.1. The molecule has 10 heteroatoms. The number of ether oxygens (including phenoxy) is 2. The fourth-order valence-corrected chi connectivity index (χ4v) is 4.59. The molecule has 0 aliphatic carbocycles. The van der Waals surface area contributed by atoms with Crippen molar-refractivity contribution in [2.24, 2.45) is 0 Å². The summed E-state index contributed by atoms with van der Waals surface area (Å²) < 4.78 is 36.8. The molecule has 7 nitrogen and oxygen atoms in total. The van der Waals surface area contributed by atoms with Crippen molar-refractivity contribution in [1.29, 1.82) is 0 Å². The lowest BCUT2D eigenvalue weighted by atomic mass is 10.1. The third-order valence-corrected chi connectivity index (χ3v) is 6.98. The van der Waals surface area contributed by atoms with Crippen LogP contribution in [0.25, 0.3) is 0 Å². The second kappa shape index (κ2) is 8.39. The molecule has 1 aliphatic rings. The van der Waals surface area contributed by atoms with E-state index >= 15 is 0 Å². The minimum absolute atomic E-state index is 0.00314. The predicted molar refractivity (Wildman–Crippen MR) is 112 cm³/mol. The van der Waals surface area contributed by atoms with Crippen LogP contribution >= 0.6 is 23.2 Å². The molecule has 0 unspecified atom stereocenters. The Morgan fingerprint density at radius 1 is 1.10 bits per heavy atom. The lowest BCUT2D eigenvalue weighted by Crippen LogP contribution is -2.23. The summed E-state index contributed by atoms with van der Waals surface area (Å²) in [5.41, 5.74) is 1.41. The zero-order chi connectivity index (χ0) is 21.3. The largest absolute Gasteiger partial charge is 0.454 e. The molecule has 1 amide bonds. The molecule has 1 heterocycles. The van der Waals surface area contributed by atoms with Crippen molar-refractivity contribution in [1.82, 2.24) is 4.31 Å². The molecule has 0 radical (unpaired) electrons. The Hall–Kier alpha value is -2.00. The van der Waals surface area contributed by atoms with E-state index in [1.165, 1.54) is 26.2 Å². The third-order valence-electron chi connectivity index (χ3n) is 4.39. The zero-order valence-corrected chi connectivity index (χ0v) is 18.4. The number of anilines is 1. The Morgan fingerprint density at radius 2 is 1.76 bits per heavy atom. The van der Waals surface area contributed by atoms with Crippen LogP contribution in [0.3, 0.4) is 0 Å². The summed E-state index contributed by atoms with van der Waals surface area (Å²) in [5, 5.41) is 2.78. The van der Waals surface area contributed by atoms with Gasteiger partial charge in [0.15, 0.2) is 11.5 Å². The van der Waals surface area contributed by atoms with Gasteiger partial charge in [-0.15, -0.1) is 0 Å². The minimum atomic E-state index is -3.85. The van der Waals surface area contributed by atoms with Crippen molar-refractivity contribution >= 4 is 44.8 Å². The summed E-state index contributed by atoms with van der Waals surface area (Å²) in [4.78, 5) is 12.7. The highest BCUT2D eigenvalue weighted by atomic mass is 35.5. The number of amides is 1. The number of nitrogens with one attached hydrogen (secondary N) is 1. The molecule has 1 aliphatic heterocycles. The highest BCUT2D eigenvalue weighted by Crippen LogP contribution is 2.38. The van der Waals surface area contributed by atoms with Crippen LogP contribution in [0.2, 0.25) is 10.0 Å². The van der Waals surface area contributed by atoms with Gasteiger partial charge in [0.05, 0.1) is 15.6 Å².